The highest BCUT2D eigenvalue weighted by atomic mass is 32.2. The van der Waals surface area contributed by atoms with Gasteiger partial charge in [0.05, 0.1) is 0 Å². The maximum Gasteiger partial charge on any atom is 0.0106 e. The van der Waals surface area contributed by atoms with Gasteiger partial charge in [0.2, 0.25) is 0 Å². The Bertz CT molecular complexity index is 434. The first-order chi connectivity index (χ1) is 8.84. The zero-order valence-corrected chi connectivity index (χ0v) is 12.3. The minimum Gasteiger partial charge on any atom is -0.316 e. The van der Waals surface area contributed by atoms with Crippen molar-refractivity contribution in [3.63, 3.8) is 0 Å². The summed E-state index contributed by atoms with van der Waals surface area (Å²) in [5.74, 6) is 1.13. The number of hydrogen-bond acceptors (Lipinski definition) is 3. The molecule has 2 aromatic rings. The van der Waals surface area contributed by atoms with Crippen LogP contribution in [0.5, 0.6) is 0 Å². The summed E-state index contributed by atoms with van der Waals surface area (Å²) in [5.41, 5.74) is 1.33. The lowest BCUT2D eigenvalue weighted by molar-refractivity contribution is 0.725. The smallest absolute Gasteiger partial charge is 0.0106 e. The van der Waals surface area contributed by atoms with E-state index in [1.165, 1.54) is 15.3 Å². The van der Waals surface area contributed by atoms with Crippen LogP contribution in [0.2, 0.25) is 0 Å². The van der Waals surface area contributed by atoms with Gasteiger partial charge in [0.25, 0.3) is 0 Å². The van der Waals surface area contributed by atoms with Crippen molar-refractivity contribution >= 4 is 23.1 Å². The number of thioether (sulfide) groups is 1. The van der Waals surface area contributed by atoms with Crippen LogP contribution < -0.4 is 5.32 Å². The van der Waals surface area contributed by atoms with Crippen molar-refractivity contribution in [1.29, 1.82) is 0 Å². The maximum absolute atomic E-state index is 3.49. The highest BCUT2D eigenvalue weighted by Gasteiger charge is 1.95. The van der Waals surface area contributed by atoms with Crippen molar-refractivity contribution in [3.05, 3.63) is 52.2 Å². The molecule has 0 spiro atoms. The van der Waals surface area contributed by atoms with E-state index in [2.05, 4.69) is 54.0 Å². The highest BCUT2D eigenvalue weighted by molar-refractivity contribution is 7.99. The average molecular weight is 277 g/mol. The Labute approximate surface area is 118 Å². The van der Waals surface area contributed by atoms with Gasteiger partial charge in [-0.15, -0.1) is 23.1 Å². The molecular weight excluding hydrogens is 258 g/mol. The summed E-state index contributed by atoms with van der Waals surface area (Å²) in [5, 5.41) is 5.63. The minimum atomic E-state index is 1.07. The van der Waals surface area contributed by atoms with Gasteiger partial charge in [0.1, 0.15) is 0 Å². The lowest BCUT2D eigenvalue weighted by atomic mass is 10.2. The molecule has 1 N–H and O–H groups in total. The fourth-order valence-electron chi connectivity index (χ4n) is 1.67. The molecule has 96 valence electrons. The van der Waals surface area contributed by atoms with E-state index >= 15 is 0 Å². The van der Waals surface area contributed by atoms with Crippen LogP contribution in [0, 0.1) is 6.92 Å². The third-order valence-corrected chi connectivity index (χ3v) is 4.65. The van der Waals surface area contributed by atoms with Gasteiger partial charge < -0.3 is 5.32 Å². The molecule has 0 radical (unpaired) electrons. The fourth-order valence-corrected chi connectivity index (χ4v) is 3.19. The number of benzene rings is 1. The summed E-state index contributed by atoms with van der Waals surface area (Å²) in [4.78, 5) is 2.83. The fraction of sp³-hybridized carbons (Fsp3) is 0.333. The number of aryl methyl sites for hydroxylation is 1. The number of nitrogens with one attached hydrogen (secondary N) is 1. The summed E-state index contributed by atoms with van der Waals surface area (Å²) in [7, 11) is 0. The molecule has 0 aliphatic carbocycles. The lowest BCUT2D eigenvalue weighted by Crippen LogP contribution is -2.19. The predicted molar refractivity (Wildman–Crippen MR) is 82.8 cm³/mol. The first-order valence-corrected chi connectivity index (χ1v) is 8.14. The van der Waals surface area contributed by atoms with Crippen molar-refractivity contribution in [1.82, 2.24) is 5.32 Å². The van der Waals surface area contributed by atoms with Crippen molar-refractivity contribution in [2.75, 3.05) is 18.8 Å². The van der Waals surface area contributed by atoms with Crippen LogP contribution in [0.1, 0.15) is 10.4 Å². The molecule has 0 bridgehead atoms. The van der Waals surface area contributed by atoms with Gasteiger partial charge in [-0.2, -0.15) is 0 Å². The summed E-state index contributed by atoms with van der Waals surface area (Å²) < 4.78 is 0. The van der Waals surface area contributed by atoms with E-state index in [-0.39, 0.29) is 0 Å². The summed E-state index contributed by atoms with van der Waals surface area (Å²) >= 11 is 3.76. The molecule has 18 heavy (non-hydrogen) atoms. The molecule has 0 unspecified atom stereocenters. The molecule has 1 aromatic heterocycles. The molecule has 0 saturated heterocycles. The Balaban J connectivity index is 1.55. The standard InChI is InChI=1S/C15H19NS2/c1-13-4-6-15(7-5-13)18-12-10-16-9-8-14-3-2-11-17-14/h2-7,11,16H,8-10,12H2,1H3. The molecule has 0 aliphatic heterocycles. The molecule has 1 aromatic carbocycles. The molecule has 0 amide bonds. The summed E-state index contributed by atoms with van der Waals surface area (Å²) in [6.45, 7) is 4.28. The van der Waals surface area contributed by atoms with Gasteiger partial charge in [-0.1, -0.05) is 23.8 Å². The van der Waals surface area contributed by atoms with Gasteiger partial charge in [-0.25, -0.2) is 0 Å². The largest absolute Gasteiger partial charge is 0.316 e. The molecule has 1 nitrogen and oxygen atoms in total. The molecule has 0 fully saturated rings. The summed E-state index contributed by atoms with van der Waals surface area (Å²) in [6, 6.07) is 13.1. The third-order valence-electron chi connectivity index (χ3n) is 2.70. The Morgan fingerprint density at radius 3 is 2.67 bits per heavy atom. The maximum atomic E-state index is 3.49. The Morgan fingerprint density at radius 1 is 1.11 bits per heavy atom. The van der Waals surface area contributed by atoms with E-state index in [1.807, 2.05) is 23.1 Å². The zero-order chi connectivity index (χ0) is 12.6. The van der Waals surface area contributed by atoms with Crippen LogP contribution in [0.4, 0.5) is 0 Å². The Kier molecular flexibility index (Phi) is 5.78. The molecule has 1 heterocycles. The monoisotopic (exact) mass is 277 g/mol. The minimum absolute atomic E-state index is 1.07. The normalized spacial score (nSPS) is 10.7. The van der Waals surface area contributed by atoms with Crippen LogP contribution in [0.25, 0.3) is 0 Å². The van der Waals surface area contributed by atoms with Crippen LogP contribution >= 0.6 is 23.1 Å². The van der Waals surface area contributed by atoms with Crippen LogP contribution in [0.15, 0.2) is 46.7 Å². The van der Waals surface area contributed by atoms with Gasteiger partial charge in [-0.3, -0.25) is 0 Å². The van der Waals surface area contributed by atoms with Crippen molar-refractivity contribution < 1.29 is 0 Å². The second-order valence-electron chi connectivity index (χ2n) is 4.24. The Morgan fingerprint density at radius 2 is 1.94 bits per heavy atom. The molecule has 2 rings (SSSR count). The average Bonchev–Trinajstić information content (AvgIpc) is 2.89. The topological polar surface area (TPSA) is 12.0 Å². The van der Waals surface area contributed by atoms with Crippen LogP contribution in [-0.4, -0.2) is 18.8 Å². The number of thiophene rings is 1. The second kappa shape index (κ2) is 7.62. The van der Waals surface area contributed by atoms with Crippen LogP contribution in [0.3, 0.4) is 0 Å². The zero-order valence-electron chi connectivity index (χ0n) is 10.7. The molecule has 0 saturated carbocycles. The SMILES string of the molecule is Cc1ccc(SCCNCCc2cccs2)cc1. The van der Waals surface area contributed by atoms with Crippen molar-refractivity contribution in [3.8, 4) is 0 Å². The summed E-state index contributed by atoms with van der Waals surface area (Å²) in [6.07, 6.45) is 1.15. The predicted octanol–water partition coefficient (Wildman–Crippen LogP) is 3.98. The molecule has 3 heteroatoms. The van der Waals surface area contributed by atoms with Gasteiger partial charge in [0, 0.05) is 22.1 Å². The van der Waals surface area contributed by atoms with Crippen molar-refractivity contribution in [2.24, 2.45) is 0 Å². The van der Waals surface area contributed by atoms with E-state index < -0.39 is 0 Å². The van der Waals surface area contributed by atoms with E-state index in [4.69, 9.17) is 0 Å². The van der Waals surface area contributed by atoms with Gasteiger partial charge in [0.15, 0.2) is 0 Å². The first kappa shape index (κ1) is 13.7. The quantitative estimate of drug-likeness (QED) is 0.607. The van der Waals surface area contributed by atoms with E-state index in [0.717, 1.165) is 25.3 Å². The van der Waals surface area contributed by atoms with Gasteiger partial charge >= 0.3 is 0 Å². The molecule has 0 atom stereocenters. The second-order valence-corrected chi connectivity index (χ2v) is 6.44. The molecule has 0 aliphatic rings. The van der Waals surface area contributed by atoms with E-state index in [0.29, 0.717) is 0 Å². The lowest BCUT2D eigenvalue weighted by Gasteiger charge is -2.04. The first-order valence-electron chi connectivity index (χ1n) is 6.27. The number of hydrogen-bond donors (Lipinski definition) is 1. The van der Waals surface area contributed by atoms with Crippen LogP contribution in [-0.2, 0) is 6.42 Å². The highest BCUT2D eigenvalue weighted by Crippen LogP contribution is 2.17. The molecular formula is C15H19NS2. The number of rotatable bonds is 7. The van der Waals surface area contributed by atoms with E-state index in [9.17, 15) is 0 Å². The van der Waals surface area contributed by atoms with Crippen molar-refractivity contribution in [2.45, 2.75) is 18.2 Å². The van der Waals surface area contributed by atoms with E-state index in [1.54, 1.807) is 0 Å². The Hall–Kier alpha value is -0.770. The van der Waals surface area contributed by atoms with Gasteiger partial charge in [-0.05, 0) is 43.5 Å². The third kappa shape index (κ3) is 4.84.